The van der Waals surface area contributed by atoms with E-state index >= 15 is 0 Å². The third-order valence-electron chi connectivity index (χ3n) is 12.0. The molecule has 0 spiro atoms. The molecule has 0 saturated heterocycles. The molecule has 0 bridgehead atoms. The molecule has 286 valence electrons. The summed E-state index contributed by atoms with van der Waals surface area (Å²) in [5.41, 5.74) is 16.8. The van der Waals surface area contributed by atoms with E-state index in [0.717, 1.165) is 50.1 Å². The zero-order valence-corrected chi connectivity index (χ0v) is 33.4. The van der Waals surface area contributed by atoms with Gasteiger partial charge in [-0.15, -0.1) is 0 Å². The van der Waals surface area contributed by atoms with Crippen molar-refractivity contribution >= 4 is 0 Å². The SMILES string of the molecule is c1ccc(-c2cc(-c3cccc(-c4nc(-c5ccccc5)nc(-c5ccccc5)n4)c3)cc(-c3cccc(C4(c5ccccc5)c5ccccc5-c5ccccc54)c3)c2)cc1. The van der Waals surface area contributed by atoms with Crippen LogP contribution in [-0.4, -0.2) is 15.0 Å². The highest BCUT2D eigenvalue weighted by atomic mass is 15.0. The van der Waals surface area contributed by atoms with Crippen LogP contribution in [0.1, 0.15) is 22.3 Å². The fraction of sp³-hybridized carbons (Fsp3) is 0.0172. The Morgan fingerprint density at radius 1 is 0.230 bits per heavy atom. The Morgan fingerprint density at radius 3 is 1.11 bits per heavy atom. The standard InChI is InChI=1S/C58H39N3/c1-5-19-40(20-6-1)46-36-47(43-25-17-27-45(35-43)57-60-55(41-21-7-2-8-22-41)59-56(61-57)42-23-9-3-10-24-42)38-48(37-46)44-26-18-30-50(39-44)58(49-28-11-4-12-29-49)53-33-15-13-31-51(53)52-32-14-16-34-54(52)58/h1-39H. The predicted molar refractivity (Wildman–Crippen MR) is 250 cm³/mol. The average molecular weight is 778 g/mol. The number of nitrogens with zero attached hydrogens (tertiary/aromatic N) is 3. The van der Waals surface area contributed by atoms with Gasteiger partial charge in [0.2, 0.25) is 0 Å². The van der Waals surface area contributed by atoms with Gasteiger partial charge in [0.05, 0.1) is 5.41 Å². The van der Waals surface area contributed by atoms with Crippen molar-refractivity contribution in [3.63, 3.8) is 0 Å². The quantitative estimate of drug-likeness (QED) is 0.154. The zero-order chi connectivity index (χ0) is 40.6. The average Bonchev–Trinajstić information content (AvgIpc) is 3.66. The van der Waals surface area contributed by atoms with Crippen molar-refractivity contribution in [1.29, 1.82) is 0 Å². The largest absolute Gasteiger partial charge is 0.208 e. The van der Waals surface area contributed by atoms with Gasteiger partial charge in [0.25, 0.3) is 0 Å². The van der Waals surface area contributed by atoms with Gasteiger partial charge in [0, 0.05) is 16.7 Å². The maximum absolute atomic E-state index is 5.05. The van der Waals surface area contributed by atoms with Crippen molar-refractivity contribution in [1.82, 2.24) is 15.0 Å². The van der Waals surface area contributed by atoms with E-state index in [0.29, 0.717) is 17.5 Å². The Bertz CT molecular complexity index is 3080. The van der Waals surface area contributed by atoms with E-state index in [-0.39, 0.29) is 0 Å². The molecule has 0 aliphatic heterocycles. The number of hydrogen-bond acceptors (Lipinski definition) is 3. The van der Waals surface area contributed by atoms with Crippen LogP contribution in [0, 0.1) is 0 Å². The van der Waals surface area contributed by atoms with Gasteiger partial charge in [-0.1, -0.05) is 206 Å². The Balaban J connectivity index is 1.08. The maximum atomic E-state index is 5.05. The first-order chi connectivity index (χ1) is 30.2. The lowest BCUT2D eigenvalue weighted by Gasteiger charge is -2.34. The highest BCUT2D eigenvalue weighted by molar-refractivity contribution is 5.88. The summed E-state index contributed by atoms with van der Waals surface area (Å²) in [6.45, 7) is 0. The topological polar surface area (TPSA) is 38.7 Å². The lowest BCUT2D eigenvalue weighted by Crippen LogP contribution is -2.28. The van der Waals surface area contributed by atoms with Gasteiger partial charge in [0.15, 0.2) is 17.5 Å². The number of fused-ring (bicyclic) bond motifs is 3. The van der Waals surface area contributed by atoms with Crippen molar-refractivity contribution in [2.45, 2.75) is 5.41 Å². The summed E-state index contributed by atoms with van der Waals surface area (Å²) in [6.07, 6.45) is 0. The van der Waals surface area contributed by atoms with Crippen molar-refractivity contribution in [3.8, 4) is 78.7 Å². The van der Waals surface area contributed by atoms with Crippen LogP contribution < -0.4 is 0 Å². The molecule has 10 aromatic rings. The second kappa shape index (κ2) is 15.3. The molecule has 61 heavy (non-hydrogen) atoms. The van der Waals surface area contributed by atoms with Crippen LogP contribution in [0.25, 0.3) is 78.7 Å². The van der Waals surface area contributed by atoms with Crippen molar-refractivity contribution < 1.29 is 0 Å². The Morgan fingerprint density at radius 2 is 0.574 bits per heavy atom. The first-order valence-corrected chi connectivity index (χ1v) is 20.8. The van der Waals surface area contributed by atoms with Gasteiger partial charge in [0.1, 0.15) is 0 Å². The molecule has 0 fully saturated rings. The van der Waals surface area contributed by atoms with Crippen molar-refractivity contribution in [2.75, 3.05) is 0 Å². The van der Waals surface area contributed by atoms with Crippen LogP contribution in [0.5, 0.6) is 0 Å². The molecule has 1 heterocycles. The van der Waals surface area contributed by atoms with Crippen LogP contribution in [0.15, 0.2) is 237 Å². The van der Waals surface area contributed by atoms with E-state index < -0.39 is 5.41 Å². The molecule has 11 rings (SSSR count). The summed E-state index contributed by atoms with van der Waals surface area (Å²) >= 11 is 0. The second-order valence-electron chi connectivity index (χ2n) is 15.6. The summed E-state index contributed by atoms with van der Waals surface area (Å²) < 4.78 is 0. The summed E-state index contributed by atoms with van der Waals surface area (Å²) in [4.78, 5) is 15.0. The Labute approximate surface area is 356 Å². The van der Waals surface area contributed by atoms with Crippen LogP contribution in [0.2, 0.25) is 0 Å². The molecule has 9 aromatic carbocycles. The fourth-order valence-corrected chi connectivity index (χ4v) is 9.18. The monoisotopic (exact) mass is 777 g/mol. The smallest absolute Gasteiger partial charge is 0.164 e. The Hall–Kier alpha value is -8.01. The van der Waals surface area contributed by atoms with E-state index in [1.807, 2.05) is 60.7 Å². The minimum atomic E-state index is -0.486. The molecule has 0 saturated carbocycles. The molecular weight excluding hydrogens is 739 g/mol. The second-order valence-corrected chi connectivity index (χ2v) is 15.6. The molecular formula is C58H39N3. The number of hydrogen-bond donors (Lipinski definition) is 0. The van der Waals surface area contributed by atoms with Gasteiger partial charge < -0.3 is 0 Å². The molecule has 0 unspecified atom stereocenters. The third kappa shape index (κ3) is 6.44. The number of benzene rings is 9. The summed E-state index contributed by atoms with van der Waals surface area (Å²) in [7, 11) is 0. The lowest BCUT2D eigenvalue weighted by molar-refractivity contribution is 0.769. The fourth-order valence-electron chi connectivity index (χ4n) is 9.18. The van der Waals surface area contributed by atoms with E-state index in [4.69, 9.17) is 15.0 Å². The predicted octanol–water partition coefficient (Wildman–Crippen LogP) is 14.2. The van der Waals surface area contributed by atoms with Gasteiger partial charge in [-0.3, -0.25) is 0 Å². The zero-order valence-electron chi connectivity index (χ0n) is 33.4. The summed E-state index contributed by atoms with van der Waals surface area (Å²) in [5, 5.41) is 0. The molecule has 1 aromatic heterocycles. The Kier molecular flexibility index (Phi) is 9.05. The molecule has 0 amide bonds. The van der Waals surface area contributed by atoms with E-state index in [2.05, 4.69) is 176 Å². The van der Waals surface area contributed by atoms with Crippen molar-refractivity contribution in [2.24, 2.45) is 0 Å². The van der Waals surface area contributed by atoms with E-state index in [1.165, 1.54) is 33.4 Å². The lowest BCUT2D eigenvalue weighted by atomic mass is 9.67. The van der Waals surface area contributed by atoms with Crippen molar-refractivity contribution in [3.05, 3.63) is 259 Å². The molecule has 3 nitrogen and oxygen atoms in total. The summed E-state index contributed by atoms with van der Waals surface area (Å²) in [6, 6.07) is 84.5. The van der Waals surface area contributed by atoms with Gasteiger partial charge >= 0.3 is 0 Å². The number of rotatable bonds is 8. The van der Waals surface area contributed by atoms with E-state index in [1.54, 1.807) is 0 Å². The first kappa shape index (κ1) is 36.1. The van der Waals surface area contributed by atoms with Gasteiger partial charge in [-0.05, 0) is 97.1 Å². The molecule has 0 atom stereocenters. The van der Waals surface area contributed by atoms with Crippen LogP contribution in [0.4, 0.5) is 0 Å². The highest BCUT2D eigenvalue weighted by Gasteiger charge is 2.45. The van der Waals surface area contributed by atoms with Crippen LogP contribution in [-0.2, 0) is 5.41 Å². The summed E-state index contributed by atoms with van der Waals surface area (Å²) in [5.74, 6) is 1.91. The molecule has 1 aliphatic carbocycles. The normalized spacial score (nSPS) is 12.4. The molecule has 1 aliphatic rings. The first-order valence-electron chi connectivity index (χ1n) is 20.8. The number of aromatic nitrogens is 3. The minimum absolute atomic E-state index is 0.486. The molecule has 0 radical (unpaired) electrons. The van der Waals surface area contributed by atoms with Crippen LogP contribution >= 0.6 is 0 Å². The molecule has 0 N–H and O–H groups in total. The third-order valence-corrected chi connectivity index (χ3v) is 12.0. The highest BCUT2D eigenvalue weighted by Crippen LogP contribution is 2.56. The van der Waals surface area contributed by atoms with Gasteiger partial charge in [-0.2, -0.15) is 0 Å². The van der Waals surface area contributed by atoms with Gasteiger partial charge in [-0.25, -0.2) is 15.0 Å². The molecule has 3 heteroatoms. The van der Waals surface area contributed by atoms with Crippen LogP contribution in [0.3, 0.4) is 0 Å². The minimum Gasteiger partial charge on any atom is -0.208 e. The maximum Gasteiger partial charge on any atom is 0.164 e. The van der Waals surface area contributed by atoms with E-state index in [9.17, 15) is 0 Å².